The molecule has 0 aliphatic carbocycles. The summed E-state index contributed by atoms with van der Waals surface area (Å²) in [6.45, 7) is 3.95. The Kier molecular flexibility index (Phi) is 7.06. The molecule has 0 spiro atoms. The minimum atomic E-state index is -0.0287. The molecule has 1 heterocycles. The number of benzene rings is 2. The van der Waals surface area contributed by atoms with Gasteiger partial charge in [-0.2, -0.15) is 0 Å². The standard InChI is InChI=1S/C23H28N2O3/c1-18-7-4-10-21(15-18)28-14-6-11-22(26)24-20-9-5-8-19(16-20)17-25-13-3-2-12-23(25)27/h4-5,7-10,15-16H,2-3,6,11-14,17H2,1H3,(H,24,26). The summed E-state index contributed by atoms with van der Waals surface area (Å²) in [7, 11) is 0. The van der Waals surface area contributed by atoms with E-state index in [0.717, 1.165) is 42.0 Å². The lowest BCUT2D eigenvalue weighted by atomic mass is 10.1. The van der Waals surface area contributed by atoms with Gasteiger partial charge >= 0.3 is 0 Å². The number of carbonyl (C=O) groups is 2. The Morgan fingerprint density at radius 2 is 2.00 bits per heavy atom. The predicted molar refractivity (Wildman–Crippen MR) is 110 cm³/mol. The molecule has 5 heteroatoms. The van der Waals surface area contributed by atoms with Crippen LogP contribution in [0.3, 0.4) is 0 Å². The number of nitrogens with one attached hydrogen (secondary N) is 1. The number of ether oxygens (including phenoxy) is 1. The second-order valence-electron chi connectivity index (χ2n) is 7.29. The van der Waals surface area contributed by atoms with Crippen LogP contribution < -0.4 is 10.1 Å². The van der Waals surface area contributed by atoms with Gasteiger partial charge in [-0.3, -0.25) is 9.59 Å². The van der Waals surface area contributed by atoms with Crippen molar-refractivity contribution in [3.63, 3.8) is 0 Å². The van der Waals surface area contributed by atoms with E-state index in [2.05, 4.69) is 5.32 Å². The normalized spacial score (nSPS) is 14.0. The second kappa shape index (κ2) is 9.93. The monoisotopic (exact) mass is 380 g/mol. The molecule has 5 nitrogen and oxygen atoms in total. The molecular formula is C23H28N2O3. The van der Waals surface area contributed by atoms with Crippen molar-refractivity contribution >= 4 is 17.5 Å². The summed E-state index contributed by atoms with van der Waals surface area (Å²) in [4.78, 5) is 26.1. The minimum Gasteiger partial charge on any atom is -0.494 e. The van der Waals surface area contributed by atoms with E-state index in [4.69, 9.17) is 4.74 Å². The van der Waals surface area contributed by atoms with Crippen molar-refractivity contribution < 1.29 is 14.3 Å². The molecule has 2 amide bonds. The van der Waals surface area contributed by atoms with Crippen molar-refractivity contribution in [2.24, 2.45) is 0 Å². The molecule has 0 bridgehead atoms. The van der Waals surface area contributed by atoms with E-state index in [1.165, 1.54) is 0 Å². The van der Waals surface area contributed by atoms with Crippen LogP contribution in [0.2, 0.25) is 0 Å². The minimum absolute atomic E-state index is 0.0287. The van der Waals surface area contributed by atoms with Crippen LogP contribution in [-0.4, -0.2) is 29.9 Å². The van der Waals surface area contributed by atoms with Crippen molar-refractivity contribution in [3.05, 3.63) is 59.7 Å². The first kappa shape index (κ1) is 19.9. The predicted octanol–water partition coefficient (Wildman–Crippen LogP) is 4.31. The first-order valence-corrected chi connectivity index (χ1v) is 9.96. The van der Waals surface area contributed by atoms with Gasteiger partial charge in [-0.15, -0.1) is 0 Å². The molecule has 1 aliphatic rings. The Bertz CT molecular complexity index is 819. The third kappa shape index (κ3) is 6.12. The smallest absolute Gasteiger partial charge is 0.224 e. The highest BCUT2D eigenvalue weighted by Gasteiger charge is 2.18. The van der Waals surface area contributed by atoms with E-state index in [1.54, 1.807) is 0 Å². The average molecular weight is 380 g/mol. The SMILES string of the molecule is Cc1cccc(OCCCC(=O)Nc2cccc(CN3CCCCC3=O)c2)c1. The Morgan fingerprint density at radius 1 is 1.14 bits per heavy atom. The average Bonchev–Trinajstić information content (AvgIpc) is 2.67. The second-order valence-corrected chi connectivity index (χ2v) is 7.29. The zero-order valence-electron chi connectivity index (χ0n) is 16.4. The highest BCUT2D eigenvalue weighted by Crippen LogP contribution is 2.17. The van der Waals surface area contributed by atoms with E-state index in [0.29, 0.717) is 32.4 Å². The lowest BCUT2D eigenvalue weighted by Gasteiger charge is -2.26. The Labute approximate surface area is 166 Å². The molecule has 28 heavy (non-hydrogen) atoms. The third-order valence-corrected chi connectivity index (χ3v) is 4.81. The highest BCUT2D eigenvalue weighted by molar-refractivity contribution is 5.90. The number of anilines is 1. The van der Waals surface area contributed by atoms with Crippen molar-refractivity contribution in [2.45, 2.75) is 45.6 Å². The molecule has 2 aromatic carbocycles. The van der Waals surface area contributed by atoms with Gasteiger partial charge in [0, 0.05) is 31.6 Å². The number of rotatable bonds is 8. The summed E-state index contributed by atoms with van der Waals surface area (Å²) < 4.78 is 5.68. The van der Waals surface area contributed by atoms with E-state index < -0.39 is 0 Å². The molecule has 3 rings (SSSR count). The Balaban J connectivity index is 1.43. The van der Waals surface area contributed by atoms with E-state index in [9.17, 15) is 9.59 Å². The van der Waals surface area contributed by atoms with Crippen LogP contribution >= 0.6 is 0 Å². The molecule has 1 fully saturated rings. The summed E-state index contributed by atoms with van der Waals surface area (Å²) in [6.07, 6.45) is 3.75. The molecule has 148 valence electrons. The van der Waals surface area contributed by atoms with Gasteiger partial charge in [-0.05, 0) is 61.6 Å². The van der Waals surface area contributed by atoms with Crippen LogP contribution in [0.4, 0.5) is 5.69 Å². The molecule has 1 saturated heterocycles. The maximum Gasteiger partial charge on any atom is 0.224 e. The fourth-order valence-corrected chi connectivity index (χ4v) is 3.35. The summed E-state index contributed by atoms with van der Waals surface area (Å²) in [5, 5.41) is 2.94. The van der Waals surface area contributed by atoms with E-state index >= 15 is 0 Å². The van der Waals surface area contributed by atoms with Crippen molar-refractivity contribution in [1.29, 1.82) is 0 Å². The van der Waals surface area contributed by atoms with Gasteiger partial charge in [0.05, 0.1) is 6.61 Å². The van der Waals surface area contributed by atoms with Crippen molar-refractivity contribution in [2.75, 3.05) is 18.5 Å². The maximum absolute atomic E-state index is 12.2. The largest absolute Gasteiger partial charge is 0.494 e. The van der Waals surface area contributed by atoms with Crippen LogP contribution in [-0.2, 0) is 16.1 Å². The number of carbonyl (C=O) groups excluding carboxylic acids is 2. The van der Waals surface area contributed by atoms with Gasteiger partial charge in [0.2, 0.25) is 11.8 Å². The van der Waals surface area contributed by atoms with Gasteiger partial charge in [-0.1, -0.05) is 24.3 Å². The topological polar surface area (TPSA) is 58.6 Å². The van der Waals surface area contributed by atoms with E-state index in [1.807, 2.05) is 60.4 Å². The summed E-state index contributed by atoms with van der Waals surface area (Å²) in [5.74, 6) is 1.02. The molecule has 0 unspecified atom stereocenters. The van der Waals surface area contributed by atoms with Crippen LogP contribution in [0.25, 0.3) is 0 Å². The quantitative estimate of drug-likeness (QED) is 0.695. The molecule has 2 aromatic rings. The van der Waals surface area contributed by atoms with Gasteiger partial charge in [-0.25, -0.2) is 0 Å². The van der Waals surface area contributed by atoms with Crippen LogP contribution in [0.1, 0.15) is 43.2 Å². The fraction of sp³-hybridized carbons (Fsp3) is 0.391. The van der Waals surface area contributed by atoms with Crippen LogP contribution in [0.5, 0.6) is 5.75 Å². The van der Waals surface area contributed by atoms with Crippen LogP contribution in [0, 0.1) is 6.92 Å². The highest BCUT2D eigenvalue weighted by atomic mass is 16.5. The molecule has 0 radical (unpaired) electrons. The number of hydrogen-bond donors (Lipinski definition) is 1. The number of likely N-dealkylation sites (tertiary alicyclic amines) is 1. The fourth-order valence-electron chi connectivity index (χ4n) is 3.35. The number of aryl methyl sites for hydroxylation is 1. The zero-order valence-corrected chi connectivity index (χ0v) is 16.4. The number of piperidine rings is 1. The lowest BCUT2D eigenvalue weighted by molar-refractivity contribution is -0.133. The van der Waals surface area contributed by atoms with E-state index in [-0.39, 0.29) is 11.8 Å². The number of nitrogens with zero attached hydrogens (tertiary/aromatic N) is 1. The molecule has 1 aliphatic heterocycles. The number of hydrogen-bond acceptors (Lipinski definition) is 3. The third-order valence-electron chi connectivity index (χ3n) is 4.81. The first-order chi connectivity index (χ1) is 13.6. The Hall–Kier alpha value is -2.82. The molecule has 1 N–H and O–H groups in total. The summed E-state index contributed by atoms with van der Waals surface area (Å²) in [6, 6.07) is 15.6. The Morgan fingerprint density at radius 3 is 2.82 bits per heavy atom. The number of amides is 2. The molecule has 0 saturated carbocycles. The zero-order chi connectivity index (χ0) is 19.8. The van der Waals surface area contributed by atoms with Crippen LogP contribution in [0.15, 0.2) is 48.5 Å². The first-order valence-electron chi connectivity index (χ1n) is 9.96. The lowest BCUT2D eigenvalue weighted by Crippen LogP contribution is -2.34. The van der Waals surface area contributed by atoms with Crippen molar-refractivity contribution in [1.82, 2.24) is 4.90 Å². The van der Waals surface area contributed by atoms with Gasteiger partial charge in [0.1, 0.15) is 5.75 Å². The van der Waals surface area contributed by atoms with Crippen molar-refractivity contribution in [3.8, 4) is 5.75 Å². The summed E-state index contributed by atoms with van der Waals surface area (Å²) >= 11 is 0. The maximum atomic E-state index is 12.2. The van der Waals surface area contributed by atoms with Gasteiger partial charge < -0.3 is 15.0 Å². The summed E-state index contributed by atoms with van der Waals surface area (Å²) in [5.41, 5.74) is 2.96. The molecule has 0 aromatic heterocycles. The van der Waals surface area contributed by atoms with Gasteiger partial charge in [0.25, 0.3) is 0 Å². The molecule has 0 atom stereocenters. The van der Waals surface area contributed by atoms with Gasteiger partial charge in [0.15, 0.2) is 0 Å². The molecular weight excluding hydrogens is 352 g/mol.